The van der Waals surface area contributed by atoms with Gasteiger partial charge >= 0.3 is 0 Å². The van der Waals surface area contributed by atoms with Gasteiger partial charge in [-0.15, -0.1) is 0 Å². The summed E-state index contributed by atoms with van der Waals surface area (Å²) in [6.45, 7) is 40.3. The summed E-state index contributed by atoms with van der Waals surface area (Å²) in [5.74, 6) is 2.15. The lowest BCUT2D eigenvalue weighted by Gasteiger charge is -2.27. The van der Waals surface area contributed by atoms with E-state index in [1.807, 2.05) is 121 Å². The topological polar surface area (TPSA) is 121 Å². The second-order valence-electron chi connectivity index (χ2n) is 32.0. The quantitative estimate of drug-likeness (QED) is 0.0678. The van der Waals surface area contributed by atoms with Gasteiger partial charge in [-0.1, -0.05) is 313 Å². The number of hydrogen-bond donors (Lipinski definition) is 6. The van der Waals surface area contributed by atoms with E-state index >= 15 is 0 Å². The Balaban J connectivity index is 0.000000145. The van der Waals surface area contributed by atoms with Crippen LogP contribution in [0.2, 0.25) is 0 Å². The predicted octanol–water partition coefficient (Wildman–Crippen LogP) is 27.7. The molecule has 540 valence electrons. The summed E-state index contributed by atoms with van der Waals surface area (Å²) in [6, 6.07) is 80.8. The summed E-state index contributed by atoms with van der Waals surface area (Å²) in [5, 5.41) is 76.6. The van der Waals surface area contributed by atoms with Crippen LogP contribution in [0.5, 0.6) is 34.5 Å². The molecule has 0 aliphatic carbocycles. The Hall–Kier alpha value is -10.0. The summed E-state index contributed by atoms with van der Waals surface area (Å²) < 4.78 is 0. The van der Waals surface area contributed by atoms with Gasteiger partial charge in [0.25, 0.3) is 0 Å². The zero-order valence-corrected chi connectivity index (χ0v) is 65.0. The molecule has 0 aromatic heterocycles. The van der Waals surface area contributed by atoms with Crippen LogP contribution in [0.3, 0.4) is 0 Å². The molecular formula is C98H112O6. The molecule has 0 saturated heterocycles. The highest BCUT2D eigenvalue weighted by atomic mass is 16.3. The van der Waals surface area contributed by atoms with Crippen LogP contribution in [0.1, 0.15) is 197 Å². The van der Waals surface area contributed by atoms with Gasteiger partial charge in [-0.3, -0.25) is 0 Å². The molecule has 0 saturated carbocycles. The van der Waals surface area contributed by atoms with Crippen molar-refractivity contribution in [1.29, 1.82) is 0 Å². The van der Waals surface area contributed by atoms with Crippen LogP contribution in [-0.4, -0.2) is 30.6 Å². The van der Waals surface area contributed by atoms with Crippen LogP contribution in [0.25, 0.3) is 86.2 Å². The van der Waals surface area contributed by atoms with Gasteiger partial charge in [0.2, 0.25) is 0 Å². The molecule has 0 aliphatic heterocycles. The van der Waals surface area contributed by atoms with Gasteiger partial charge in [-0.25, -0.2) is 0 Å². The molecule has 0 heterocycles. The molecule has 0 fully saturated rings. The van der Waals surface area contributed by atoms with Crippen LogP contribution >= 0.6 is 0 Å². The molecule has 6 N–H and O–H groups in total. The molecule has 6 heteroatoms. The second-order valence-corrected chi connectivity index (χ2v) is 32.0. The molecule has 14 aromatic rings. The summed E-state index contributed by atoms with van der Waals surface area (Å²) in [4.78, 5) is 0. The van der Waals surface area contributed by atoms with Crippen molar-refractivity contribution in [2.45, 2.75) is 196 Å². The number of hydrogen-bond acceptors (Lipinski definition) is 6. The first-order chi connectivity index (χ1) is 49.2. The van der Waals surface area contributed by atoms with E-state index < -0.39 is 0 Å². The lowest BCUT2D eigenvalue weighted by atomic mass is 9.77. The zero-order chi connectivity index (χ0) is 75.7. The normalized spacial score (nSPS) is 12.0. The first kappa shape index (κ1) is 78.1. The third kappa shape index (κ3) is 17.6. The van der Waals surface area contributed by atoms with Gasteiger partial charge in [0.15, 0.2) is 0 Å². The fraction of sp³-hybridized carbons (Fsp3) is 0.306. The van der Waals surface area contributed by atoms with E-state index in [2.05, 4.69) is 216 Å². The van der Waals surface area contributed by atoms with E-state index in [-0.39, 0.29) is 32.5 Å². The highest BCUT2D eigenvalue weighted by Crippen LogP contribution is 2.45. The van der Waals surface area contributed by atoms with Crippen molar-refractivity contribution in [2.75, 3.05) is 0 Å². The van der Waals surface area contributed by atoms with E-state index in [1.54, 1.807) is 30.3 Å². The van der Waals surface area contributed by atoms with Crippen LogP contribution in [0, 0.1) is 0 Å². The highest BCUT2D eigenvalue weighted by molar-refractivity contribution is 6.09. The summed E-state index contributed by atoms with van der Waals surface area (Å²) >= 11 is 0. The molecular weight excluding hydrogens is 1270 g/mol. The van der Waals surface area contributed by atoms with Crippen LogP contribution in [0.4, 0.5) is 0 Å². The van der Waals surface area contributed by atoms with E-state index in [9.17, 15) is 30.6 Å². The minimum Gasteiger partial charge on any atom is -0.508 e. The number of rotatable bonds is 12. The molecule has 0 aliphatic rings. The average Bonchev–Trinajstić information content (AvgIpc) is 0.743. The Labute approximate surface area is 619 Å². The van der Waals surface area contributed by atoms with Crippen LogP contribution < -0.4 is 0 Å². The van der Waals surface area contributed by atoms with Crippen molar-refractivity contribution in [3.63, 3.8) is 0 Å². The Kier molecular flexibility index (Phi) is 24.3. The van der Waals surface area contributed by atoms with Gasteiger partial charge in [-0.2, -0.15) is 0 Å². The van der Waals surface area contributed by atoms with E-state index in [0.717, 1.165) is 103 Å². The Morgan fingerprint density at radius 2 is 0.538 bits per heavy atom. The lowest BCUT2D eigenvalue weighted by molar-refractivity contribution is 0.470. The zero-order valence-electron chi connectivity index (χ0n) is 65.0. The predicted molar refractivity (Wildman–Crippen MR) is 449 cm³/mol. The first-order valence-corrected chi connectivity index (χ1v) is 37.4. The largest absolute Gasteiger partial charge is 0.508 e. The second kappa shape index (κ2) is 32.3. The molecule has 14 rings (SSSR count). The summed E-state index contributed by atoms with van der Waals surface area (Å²) in [5.41, 5.74) is 8.86. The fourth-order valence-corrected chi connectivity index (χ4v) is 13.3. The average molecular weight is 1390 g/mol. The van der Waals surface area contributed by atoms with Gasteiger partial charge in [0.05, 0.1) is 0 Å². The third-order valence-electron chi connectivity index (χ3n) is 22.9. The molecule has 0 bridgehead atoms. The number of phenols is 6. The Morgan fingerprint density at radius 3 is 1.05 bits per heavy atom. The Morgan fingerprint density at radius 1 is 0.212 bits per heavy atom. The molecule has 0 amide bonds. The van der Waals surface area contributed by atoms with Gasteiger partial charge in [-0.05, 0) is 218 Å². The van der Waals surface area contributed by atoms with Crippen LogP contribution in [0.15, 0.2) is 243 Å². The monoisotopic (exact) mass is 1380 g/mol. The van der Waals surface area contributed by atoms with Crippen molar-refractivity contribution in [3.8, 4) is 34.5 Å². The fourth-order valence-electron chi connectivity index (χ4n) is 13.3. The maximum Gasteiger partial charge on any atom is 0.131 e. The minimum absolute atomic E-state index is 0.0763. The molecule has 0 unspecified atom stereocenters. The number of benzene rings is 14. The molecule has 0 radical (unpaired) electrons. The molecule has 0 spiro atoms. The van der Waals surface area contributed by atoms with E-state index in [0.29, 0.717) is 34.5 Å². The minimum atomic E-state index is 0.0763. The van der Waals surface area contributed by atoms with Crippen molar-refractivity contribution in [2.24, 2.45) is 0 Å². The van der Waals surface area contributed by atoms with Crippen molar-refractivity contribution < 1.29 is 30.6 Å². The summed E-state index contributed by atoms with van der Waals surface area (Å²) in [6.07, 6.45) is 6.56. The lowest BCUT2D eigenvalue weighted by Crippen LogP contribution is -2.16. The number of aromatic hydroxyl groups is 6. The van der Waals surface area contributed by atoms with Gasteiger partial charge in [0, 0.05) is 26.9 Å². The maximum absolute atomic E-state index is 10.6. The standard InChI is InChI=1S/2C19H20O.4C15H18O/c1-4-19(2,3)17-7-5-13-10-16-12-18(20)8-6-14(16)9-15(13)11-17;1-4-19(2,3)17-13-9-5-7-11-15(13)18(20)16-12-8-6-10-14(16)17;1-4-15(2,3)13-9-5-8-12-11(13)7-6-10-14(12)16;1-4-15(2,3)13-7-5-12-10-14(16)8-6-11(12)9-13;1-4-15(2,3)12-8-9-13-11(10-12)6-5-7-14(13)16;1-4-15(2,3)12-9-11-7-5-6-8-13(11)14(16)10-12/h2*5-12,20H,4H2,1-3H3;4*5-10,16H,4H2,1-3H3. The molecule has 6 nitrogen and oxygen atoms in total. The van der Waals surface area contributed by atoms with E-state index in [1.165, 1.54) is 54.9 Å². The smallest absolute Gasteiger partial charge is 0.131 e. The number of fused-ring (bicyclic) bond motifs is 8. The van der Waals surface area contributed by atoms with Crippen molar-refractivity contribution in [1.82, 2.24) is 0 Å². The van der Waals surface area contributed by atoms with Crippen LogP contribution in [-0.2, 0) is 32.5 Å². The molecule has 0 atom stereocenters. The SMILES string of the molecule is CCC(C)(C)c1c2ccccc2c(O)c2ccccc12.CCC(C)(C)c1cc(O)c2ccccc2c1.CCC(C)(C)c1ccc2c(O)cccc2c1.CCC(C)(C)c1ccc2cc(O)ccc2c1.CCC(C)(C)c1ccc2cc3cc(O)ccc3cc2c1.CCC(C)(C)c1cccc2c(O)cccc12. The number of phenolic OH excluding ortho intramolecular Hbond substituents is 6. The summed E-state index contributed by atoms with van der Waals surface area (Å²) in [7, 11) is 0. The molecule has 14 aromatic carbocycles. The Bertz CT molecular complexity index is 5240. The van der Waals surface area contributed by atoms with E-state index in [4.69, 9.17) is 0 Å². The first-order valence-electron chi connectivity index (χ1n) is 37.4. The van der Waals surface area contributed by atoms with Gasteiger partial charge in [0.1, 0.15) is 34.5 Å². The van der Waals surface area contributed by atoms with Crippen molar-refractivity contribution in [3.05, 3.63) is 276 Å². The maximum atomic E-state index is 10.6. The van der Waals surface area contributed by atoms with Gasteiger partial charge < -0.3 is 30.6 Å². The van der Waals surface area contributed by atoms with Crippen molar-refractivity contribution >= 4 is 86.2 Å². The molecule has 104 heavy (non-hydrogen) atoms. The third-order valence-corrected chi connectivity index (χ3v) is 22.9. The highest BCUT2D eigenvalue weighted by Gasteiger charge is 2.27.